The Kier molecular flexibility index (Phi) is 2.79. The molecule has 0 amide bonds. The SMILES string of the molecule is CCNC(c1cnccc1C)C1(C)CC1. The van der Waals surface area contributed by atoms with Crippen LogP contribution < -0.4 is 5.32 Å². The van der Waals surface area contributed by atoms with Gasteiger partial charge < -0.3 is 5.32 Å². The molecule has 0 aliphatic heterocycles. The van der Waals surface area contributed by atoms with Gasteiger partial charge in [0.05, 0.1) is 0 Å². The highest BCUT2D eigenvalue weighted by atomic mass is 14.9. The number of rotatable bonds is 4. The van der Waals surface area contributed by atoms with Crippen LogP contribution in [-0.2, 0) is 0 Å². The quantitative estimate of drug-likeness (QED) is 0.815. The van der Waals surface area contributed by atoms with E-state index in [9.17, 15) is 0 Å². The van der Waals surface area contributed by atoms with E-state index in [0.29, 0.717) is 11.5 Å². The molecular formula is C13H20N2. The molecule has 1 atom stereocenters. The summed E-state index contributed by atoms with van der Waals surface area (Å²) in [5.74, 6) is 0. The Balaban J connectivity index is 2.28. The van der Waals surface area contributed by atoms with Gasteiger partial charge in [0.2, 0.25) is 0 Å². The molecule has 82 valence electrons. The van der Waals surface area contributed by atoms with Crippen LogP contribution in [0, 0.1) is 12.3 Å². The lowest BCUT2D eigenvalue weighted by Crippen LogP contribution is -2.28. The highest BCUT2D eigenvalue weighted by Crippen LogP contribution is 2.54. The summed E-state index contributed by atoms with van der Waals surface area (Å²) >= 11 is 0. The average Bonchev–Trinajstić information content (AvgIpc) is 2.95. The Bertz CT molecular complexity index is 342. The van der Waals surface area contributed by atoms with Crippen LogP contribution in [0.4, 0.5) is 0 Å². The predicted octanol–water partition coefficient (Wildman–Crippen LogP) is 2.84. The molecule has 0 spiro atoms. The first kappa shape index (κ1) is 10.6. The molecular weight excluding hydrogens is 184 g/mol. The largest absolute Gasteiger partial charge is 0.310 e. The minimum Gasteiger partial charge on any atom is -0.310 e. The van der Waals surface area contributed by atoms with Crippen LogP contribution in [0.25, 0.3) is 0 Å². The zero-order valence-electron chi connectivity index (χ0n) is 9.88. The highest BCUT2D eigenvalue weighted by Gasteiger charge is 2.45. The maximum Gasteiger partial charge on any atom is 0.0392 e. The number of nitrogens with one attached hydrogen (secondary N) is 1. The van der Waals surface area contributed by atoms with Gasteiger partial charge in [-0.05, 0) is 48.9 Å². The van der Waals surface area contributed by atoms with Crippen molar-refractivity contribution in [3.63, 3.8) is 0 Å². The monoisotopic (exact) mass is 204 g/mol. The Morgan fingerprint density at radius 1 is 1.53 bits per heavy atom. The summed E-state index contributed by atoms with van der Waals surface area (Å²) in [7, 11) is 0. The van der Waals surface area contributed by atoms with Gasteiger partial charge in [0.15, 0.2) is 0 Å². The fourth-order valence-corrected chi connectivity index (χ4v) is 2.20. The van der Waals surface area contributed by atoms with Gasteiger partial charge in [0.1, 0.15) is 0 Å². The molecule has 1 saturated carbocycles. The summed E-state index contributed by atoms with van der Waals surface area (Å²) in [5.41, 5.74) is 3.19. The summed E-state index contributed by atoms with van der Waals surface area (Å²) in [6.07, 6.45) is 6.56. The second-order valence-corrected chi connectivity index (χ2v) is 4.88. The molecule has 1 aromatic rings. The first-order chi connectivity index (χ1) is 7.17. The van der Waals surface area contributed by atoms with Crippen molar-refractivity contribution >= 4 is 0 Å². The number of hydrogen-bond acceptors (Lipinski definition) is 2. The molecule has 0 bridgehead atoms. The van der Waals surface area contributed by atoms with Gasteiger partial charge in [-0.2, -0.15) is 0 Å². The third-order valence-electron chi connectivity index (χ3n) is 3.53. The summed E-state index contributed by atoms with van der Waals surface area (Å²) in [5, 5.41) is 3.60. The molecule has 1 N–H and O–H groups in total. The number of pyridine rings is 1. The van der Waals surface area contributed by atoms with Gasteiger partial charge in [-0.25, -0.2) is 0 Å². The third-order valence-corrected chi connectivity index (χ3v) is 3.53. The van der Waals surface area contributed by atoms with E-state index < -0.39 is 0 Å². The Labute approximate surface area is 92.1 Å². The van der Waals surface area contributed by atoms with Gasteiger partial charge in [0.25, 0.3) is 0 Å². The zero-order chi connectivity index (χ0) is 10.9. The Hall–Kier alpha value is -0.890. The standard InChI is InChI=1S/C13H20N2/c1-4-15-12(13(3)6-7-13)11-9-14-8-5-10(11)2/h5,8-9,12,15H,4,6-7H2,1-3H3. The first-order valence-electron chi connectivity index (χ1n) is 5.81. The lowest BCUT2D eigenvalue weighted by Gasteiger charge is -2.26. The van der Waals surface area contributed by atoms with Gasteiger partial charge >= 0.3 is 0 Å². The second kappa shape index (κ2) is 3.93. The van der Waals surface area contributed by atoms with Gasteiger partial charge in [-0.3, -0.25) is 4.98 Å². The molecule has 2 heteroatoms. The van der Waals surface area contributed by atoms with Crippen molar-refractivity contribution in [2.45, 2.75) is 39.7 Å². The summed E-state index contributed by atoms with van der Waals surface area (Å²) in [4.78, 5) is 4.25. The highest BCUT2D eigenvalue weighted by molar-refractivity contribution is 5.28. The molecule has 2 nitrogen and oxygen atoms in total. The predicted molar refractivity (Wildman–Crippen MR) is 62.7 cm³/mol. The van der Waals surface area contributed by atoms with Crippen LogP contribution in [-0.4, -0.2) is 11.5 Å². The molecule has 0 saturated heterocycles. The molecule has 1 aliphatic carbocycles. The van der Waals surface area contributed by atoms with Crippen LogP contribution in [0.1, 0.15) is 43.9 Å². The summed E-state index contributed by atoms with van der Waals surface area (Å²) < 4.78 is 0. The molecule has 0 radical (unpaired) electrons. The van der Waals surface area contributed by atoms with E-state index in [2.05, 4.69) is 37.1 Å². The van der Waals surface area contributed by atoms with E-state index in [1.807, 2.05) is 12.4 Å². The van der Waals surface area contributed by atoms with Gasteiger partial charge in [-0.15, -0.1) is 0 Å². The van der Waals surface area contributed by atoms with Crippen molar-refractivity contribution in [3.05, 3.63) is 29.6 Å². The molecule has 1 aromatic heterocycles. The maximum atomic E-state index is 4.25. The lowest BCUT2D eigenvalue weighted by molar-refractivity contribution is 0.371. The molecule has 1 aliphatic rings. The Morgan fingerprint density at radius 2 is 2.27 bits per heavy atom. The van der Waals surface area contributed by atoms with Crippen molar-refractivity contribution in [3.8, 4) is 0 Å². The zero-order valence-corrected chi connectivity index (χ0v) is 9.88. The molecule has 15 heavy (non-hydrogen) atoms. The van der Waals surface area contributed by atoms with E-state index in [1.54, 1.807) is 0 Å². The van der Waals surface area contributed by atoms with Gasteiger partial charge in [0, 0.05) is 18.4 Å². The summed E-state index contributed by atoms with van der Waals surface area (Å²) in [6.45, 7) is 7.74. The van der Waals surface area contributed by atoms with Crippen LogP contribution in [0.3, 0.4) is 0 Å². The van der Waals surface area contributed by atoms with Crippen LogP contribution in [0.5, 0.6) is 0 Å². The first-order valence-corrected chi connectivity index (χ1v) is 5.81. The fourth-order valence-electron chi connectivity index (χ4n) is 2.20. The summed E-state index contributed by atoms with van der Waals surface area (Å²) in [6, 6.07) is 2.59. The molecule has 2 rings (SSSR count). The molecule has 0 aromatic carbocycles. The van der Waals surface area contributed by atoms with Crippen LogP contribution in [0.15, 0.2) is 18.5 Å². The molecule has 1 fully saturated rings. The van der Waals surface area contributed by atoms with Gasteiger partial charge in [-0.1, -0.05) is 13.8 Å². The van der Waals surface area contributed by atoms with E-state index in [0.717, 1.165) is 6.54 Å². The normalized spacial score (nSPS) is 19.9. The van der Waals surface area contributed by atoms with Crippen molar-refractivity contribution in [1.29, 1.82) is 0 Å². The second-order valence-electron chi connectivity index (χ2n) is 4.88. The maximum absolute atomic E-state index is 4.25. The van der Waals surface area contributed by atoms with E-state index >= 15 is 0 Å². The average molecular weight is 204 g/mol. The molecule has 1 unspecified atom stereocenters. The van der Waals surface area contributed by atoms with Crippen molar-refractivity contribution in [2.75, 3.05) is 6.54 Å². The number of hydrogen-bond donors (Lipinski definition) is 1. The minimum atomic E-state index is 0.462. The topological polar surface area (TPSA) is 24.9 Å². The number of aromatic nitrogens is 1. The third kappa shape index (κ3) is 2.05. The van der Waals surface area contributed by atoms with Crippen LogP contribution in [0.2, 0.25) is 0 Å². The smallest absolute Gasteiger partial charge is 0.0392 e. The van der Waals surface area contributed by atoms with Crippen molar-refractivity contribution in [1.82, 2.24) is 10.3 Å². The minimum absolute atomic E-state index is 0.462. The number of nitrogens with zero attached hydrogens (tertiary/aromatic N) is 1. The molecule has 1 heterocycles. The van der Waals surface area contributed by atoms with Crippen molar-refractivity contribution in [2.24, 2.45) is 5.41 Å². The lowest BCUT2D eigenvalue weighted by atomic mass is 9.90. The number of aryl methyl sites for hydroxylation is 1. The van der Waals surface area contributed by atoms with E-state index in [4.69, 9.17) is 0 Å². The van der Waals surface area contributed by atoms with E-state index in [1.165, 1.54) is 24.0 Å². The fraction of sp³-hybridized carbons (Fsp3) is 0.615. The van der Waals surface area contributed by atoms with Crippen LogP contribution >= 0.6 is 0 Å². The Morgan fingerprint density at radius 3 is 2.80 bits per heavy atom. The van der Waals surface area contributed by atoms with E-state index in [-0.39, 0.29) is 0 Å². The van der Waals surface area contributed by atoms with Crippen molar-refractivity contribution < 1.29 is 0 Å².